The molecule has 4 nitrogen and oxygen atoms in total. The molecule has 1 aromatic carbocycles. The van der Waals surface area contributed by atoms with Crippen LogP contribution in [0.25, 0.3) is 0 Å². The summed E-state index contributed by atoms with van der Waals surface area (Å²) in [4.78, 5) is 25.0. The molecule has 1 amide bonds. The molecule has 15 heavy (non-hydrogen) atoms. The van der Waals surface area contributed by atoms with E-state index in [0.717, 1.165) is 5.56 Å². The predicted octanol–water partition coefficient (Wildman–Crippen LogP) is 1.61. The number of carbonyl (C=O) groups excluding carboxylic acids is 2. The largest absolute Gasteiger partial charge is 0.379 e. The summed E-state index contributed by atoms with van der Waals surface area (Å²) >= 11 is 0. The van der Waals surface area contributed by atoms with E-state index in [4.69, 9.17) is 0 Å². The van der Waals surface area contributed by atoms with E-state index in [0.29, 0.717) is 18.5 Å². The SMILES string of the molecule is O=C1CCc2ccc(C(=O)OF)cc2N1. The first-order valence-electron chi connectivity index (χ1n) is 4.46. The van der Waals surface area contributed by atoms with Crippen LogP contribution in [0.3, 0.4) is 0 Å². The topological polar surface area (TPSA) is 55.4 Å². The van der Waals surface area contributed by atoms with Crippen molar-refractivity contribution in [2.75, 3.05) is 5.32 Å². The molecule has 0 atom stereocenters. The van der Waals surface area contributed by atoms with Crippen LogP contribution in [0.15, 0.2) is 18.2 Å². The van der Waals surface area contributed by atoms with Crippen molar-refractivity contribution in [2.24, 2.45) is 0 Å². The van der Waals surface area contributed by atoms with Gasteiger partial charge in [-0.05, 0) is 24.1 Å². The summed E-state index contributed by atoms with van der Waals surface area (Å²) in [6, 6.07) is 4.56. The maximum absolute atomic E-state index is 11.6. The quantitative estimate of drug-likeness (QED) is 0.764. The van der Waals surface area contributed by atoms with Gasteiger partial charge in [-0.25, -0.2) is 9.74 Å². The molecule has 0 spiro atoms. The van der Waals surface area contributed by atoms with Gasteiger partial charge in [-0.2, -0.15) is 0 Å². The molecule has 0 saturated carbocycles. The number of amides is 1. The van der Waals surface area contributed by atoms with Crippen LogP contribution in [-0.4, -0.2) is 11.9 Å². The minimum absolute atomic E-state index is 0.0819. The van der Waals surface area contributed by atoms with Crippen molar-refractivity contribution in [3.63, 3.8) is 0 Å². The molecule has 0 aliphatic carbocycles. The van der Waals surface area contributed by atoms with E-state index in [-0.39, 0.29) is 11.5 Å². The van der Waals surface area contributed by atoms with Gasteiger partial charge in [-0.15, -0.1) is 0 Å². The molecule has 1 aliphatic rings. The molecule has 0 fully saturated rings. The van der Waals surface area contributed by atoms with Gasteiger partial charge in [0.15, 0.2) is 0 Å². The molecule has 2 rings (SSSR count). The zero-order chi connectivity index (χ0) is 10.8. The number of anilines is 1. The summed E-state index contributed by atoms with van der Waals surface area (Å²) in [6.45, 7) is 0. The standard InChI is InChI=1S/C10H8FNO3/c11-15-10(14)7-2-1-6-3-4-9(13)12-8(6)5-7/h1-2,5H,3-4H2,(H,12,13). The highest BCUT2D eigenvalue weighted by molar-refractivity contribution is 5.96. The van der Waals surface area contributed by atoms with Gasteiger partial charge in [0, 0.05) is 16.6 Å². The fraction of sp³-hybridized carbons (Fsp3) is 0.200. The Balaban J connectivity index is 2.36. The van der Waals surface area contributed by atoms with Crippen LogP contribution in [0, 0.1) is 0 Å². The highest BCUT2D eigenvalue weighted by Crippen LogP contribution is 2.23. The number of halogens is 1. The lowest BCUT2D eigenvalue weighted by Gasteiger charge is -2.16. The average molecular weight is 209 g/mol. The molecule has 0 radical (unpaired) electrons. The summed E-state index contributed by atoms with van der Waals surface area (Å²) in [5, 5.41) is 2.61. The maximum Gasteiger partial charge on any atom is 0.379 e. The fourth-order valence-electron chi connectivity index (χ4n) is 1.54. The maximum atomic E-state index is 11.6. The van der Waals surface area contributed by atoms with Crippen molar-refractivity contribution in [1.82, 2.24) is 0 Å². The molecule has 78 valence electrons. The van der Waals surface area contributed by atoms with E-state index in [2.05, 4.69) is 10.3 Å². The van der Waals surface area contributed by atoms with E-state index in [1.807, 2.05) is 0 Å². The third-order valence-electron chi connectivity index (χ3n) is 2.31. The summed E-state index contributed by atoms with van der Waals surface area (Å²) in [5.74, 6) is -1.16. The summed E-state index contributed by atoms with van der Waals surface area (Å²) < 4.78 is 11.6. The van der Waals surface area contributed by atoms with Crippen molar-refractivity contribution >= 4 is 17.6 Å². The van der Waals surface area contributed by atoms with Gasteiger partial charge in [-0.3, -0.25) is 4.79 Å². The van der Waals surface area contributed by atoms with Crippen molar-refractivity contribution in [3.05, 3.63) is 29.3 Å². The average Bonchev–Trinajstić information content (AvgIpc) is 2.27. The number of aryl methyl sites for hydroxylation is 1. The van der Waals surface area contributed by atoms with Crippen LogP contribution in [0.4, 0.5) is 10.2 Å². The summed E-state index contributed by atoms with van der Waals surface area (Å²) in [7, 11) is 0. The minimum atomic E-state index is -1.06. The smallest absolute Gasteiger partial charge is 0.326 e. The molecular formula is C10H8FNO3. The second-order valence-corrected chi connectivity index (χ2v) is 3.28. The molecule has 0 saturated heterocycles. The second-order valence-electron chi connectivity index (χ2n) is 3.28. The lowest BCUT2D eigenvalue weighted by atomic mass is 10.0. The highest BCUT2D eigenvalue weighted by Gasteiger charge is 2.17. The molecular weight excluding hydrogens is 201 g/mol. The lowest BCUT2D eigenvalue weighted by molar-refractivity contribution is -0.116. The monoisotopic (exact) mass is 209 g/mol. The van der Waals surface area contributed by atoms with Gasteiger partial charge in [0.2, 0.25) is 5.91 Å². The van der Waals surface area contributed by atoms with Gasteiger partial charge in [0.05, 0.1) is 5.56 Å². The second kappa shape index (κ2) is 3.68. The molecule has 1 heterocycles. The number of nitrogens with one attached hydrogen (secondary N) is 1. The highest BCUT2D eigenvalue weighted by atomic mass is 19.3. The first-order chi connectivity index (χ1) is 7.20. The molecule has 1 N–H and O–H groups in total. The van der Waals surface area contributed by atoms with Crippen LogP contribution in [0.1, 0.15) is 22.3 Å². The number of hydrogen-bond donors (Lipinski definition) is 1. The summed E-state index contributed by atoms with van der Waals surface area (Å²) in [6.07, 6.45) is 1.06. The third-order valence-corrected chi connectivity index (χ3v) is 2.31. The zero-order valence-electron chi connectivity index (χ0n) is 7.75. The zero-order valence-corrected chi connectivity index (χ0v) is 7.75. The Kier molecular flexibility index (Phi) is 2.37. The molecule has 1 aliphatic heterocycles. The predicted molar refractivity (Wildman–Crippen MR) is 49.9 cm³/mol. The number of carbonyl (C=O) groups is 2. The van der Waals surface area contributed by atoms with Crippen molar-refractivity contribution in [3.8, 4) is 0 Å². The Hall–Kier alpha value is -1.91. The Labute approximate surface area is 84.9 Å². The Bertz CT molecular complexity index is 431. The van der Waals surface area contributed by atoms with Crippen LogP contribution < -0.4 is 5.32 Å². The van der Waals surface area contributed by atoms with E-state index in [1.165, 1.54) is 12.1 Å². The lowest BCUT2D eigenvalue weighted by Crippen LogP contribution is -2.19. The van der Waals surface area contributed by atoms with Gasteiger partial charge in [0.1, 0.15) is 0 Å². The normalized spacial score (nSPS) is 14.1. The third kappa shape index (κ3) is 1.81. The van der Waals surface area contributed by atoms with Crippen molar-refractivity contribution < 1.29 is 19.1 Å². The van der Waals surface area contributed by atoms with Crippen LogP contribution >= 0.6 is 0 Å². The number of hydrogen-bond acceptors (Lipinski definition) is 3. The van der Waals surface area contributed by atoms with Gasteiger partial charge in [-0.1, -0.05) is 6.07 Å². The molecule has 0 unspecified atom stereocenters. The molecule has 5 heteroatoms. The minimum Gasteiger partial charge on any atom is -0.326 e. The van der Waals surface area contributed by atoms with Crippen LogP contribution in [0.5, 0.6) is 0 Å². The Morgan fingerprint density at radius 3 is 2.93 bits per heavy atom. The Morgan fingerprint density at radius 2 is 2.20 bits per heavy atom. The van der Waals surface area contributed by atoms with Crippen molar-refractivity contribution in [2.45, 2.75) is 12.8 Å². The molecule has 1 aromatic rings. The van der Waals surface area contributed by atoms with E-state index in [1.54, 1.807) is 6.07 Å². The first kappa shape index (κ1) is 9.64. The van der Waals surface area contributed by atoms with E-state index in [9.17, 15) is 14.1 Å². The molecule has 0 aromatic heterocycles. The van der Waals surface area contributed by atoms with Gasteiger partial charge >= 0.3 is 5.97 Å². The van der Waals surface area contributed by atoms with E-state index < -0.39 is 5.97 Å². The fourth-order valence-corrected chi connectivity index (χ4v) is 1.54. The molecule has 0 bridgehead atoms. The van der Waals surface area contributed by atoms with Gasteiger partial charge in [0.25, 0.3) is 0 Å². The Morgan fingerprint density at radius 1 is 1.40 bits per heavy atom. The van der Waals surface area contributed by atoms with Gasteiger partial charge < -0.3 is 5.32 Å². The van der Waals surface area contributed by atoms with Crippen molar-refractivity contribution in [1.29, 1.82) is 0 Å². The summed E-state index contributed by atoms with van der Waals surface area (Å²) in [5.41, 5.74) is 1.57. The number of rotatable bonds is 1. The first-order valence-corrected chi connectivity index (χ1v) is 4.46. The van der Waals surface area contributed by atoms with Crippen LogP contribution in [0.2, 0.25) is 0 Å². The van der Waals surface area contributed by atoms with Crippen LogP contribution in [-0.2, 0) is 16.2 Å². The van der Waals surface area contributed by atoms with E-state index >= 15 is 0 Å². The number of benzene rings is 1. The number of fused-ring (bicyclic) bond motifs is 1.